The summed E-state index contributed by atoms with van der Waals surface area (Å²) in [6, 6.07) is 4.14. The second kappa shape index (κ2) is 3.81. The summed E-state index contributed by atoms with van der Waals surface area (Å²) in [5.74, 6) is 0. The molecule has 2 heterocycles. The fraction of sp³-hybridized carbons (Fsp3) is 0.583. The number of hydrogen-bond acceptors (Lipinski definition) is 3. The van der Waals surface area contributed by atoms with Crippen molar-refractivity contribution in [3.8, 4) is 0 Å². The van der Waals surface area contributed by atoms with Crippen LogP contribution in [0.4, 0.5) is 5.69 Å². The van der Waals surface area contributed by atoms with Crippen molar-refractivity contribution in [2.45, 2.75) is 38.8 Å². The molecule has 2 N–H and O–H groups in total. The molecular formula is C12H19N3. The molecule has 0 spiro atoms. The molecule has 3 heteroatoms. The highest BCUT2D eigenvalue weighted by atomic mass is 15.2. The molecule has 0 atom stereocenters. The van der Waals surface area contributed by atoms with E-state index in [9.17, 15) is 0 Å². The molecule has 82 valence electrons. The second-order valence-corrected chi connectivity index (χ2v) is 4.78. The summed E-state index contributed by atoms with van der Waals surface area (Å²) in [6.07, 6.45) is 4.46. The summed E-state index contributed by atoms with van der Waals surface area (Å²) >= 11 is 0. The quantitative estimate of drug-likeness (QED) is 0.802. The van der Waals surface area contributed by atoms with Gasteiger partial charge in [0.05, 0.1) is 17.6 Å². The van der Waals surface area contributed by atoms with Crippen molar-refractivity contribution in [1.82, 2.24) is 4.98 Å². The molecule has 0 amide bonds. The van der Waals surface area contributed by atoms with Crippen molar-refractivity contribution in [2.24, 2.45) is 5.73 Å². The van der Waals surface area contributed by atoms with Crippen LogP contribution < -0.4 is 10.6 Å². The summed E-state index contributed by atoms with van der Waals surface area (Å²) < 4.78 is 0. The molecule has 15 heavy (non-hydrogen) atoms. The van der Waals surface area contributed by atoms with Crippen LogP contribution in [-0.2, 0) is 6.54 Å². The van der Waals surface area contributed by atoms with Crippen LogP contribution in [0.2, 0.25) is 0 Å². The lowest BCUT2D eigenvalue weighted by Crippen LogP contribution is -2.38. The predicted octanol–water partition coefficient (Wildman–Crippen LogP) is 1.92. The summed E-state index contributed by atoms with van der Waals surface area (Å²) in [5, 5.41) is 0. The van der Waals surface area contributed by atoms with E-state index in [0.717, 1.165) is 12.2 Å². The molecule has 0 bridgehead atoms. The molecule has 2 rings (SSSR count). The Labute approximate surface area is 91.3 Å². The second-order valence-electron chi connectivity index (χ2n) is 4.78. The minimum Gasteiger partial charge on any atom is -0.365 e. The first-order valence-electron chi connectivity index (χ1n) is 5.56. The lowest BCUT2D eigenvalue weighted by atomic mass is 10.0. The first-order chi connectivity index (χ1) is 7.13. The van der Waals surface area contributed by atoms with Gasteiger partial charge in [-0.05, 0) is 38.8 Å². The van der Waals surface area contributed by atoms with Crippen LogP contribution in [0.1, 0.15) is 32.4 Å². The van der Waals surface area contributed by atoms with Crippen molar-refractivity contribution < 1.29 is 0 Å². The maximum absolute atomic E-state index is 5.53. The number of aromatic nitrogens is 1. The van der Waals surface area contributed by atoms with E-state index < -0.39 is 0 Å². The van der Waals surface area contributed by atoms with Gasteiger partial charge in [-0.25, -0.2) is 0 Å². The Bertz CT molecular complexity index is 329. The third kappa shape index (κ3) is 1.97. The molecule has 3 nitrogen and oxygen atoms in total. The summed E-state index contributed by atoms with van der Waals surface area (Å²) in [4.78, 5) is 6.77. The van der Waals surface area contributed by atoms with Gasteiger partial charge in [0.1, 0.15) is 0 Å². The normalized spacial score (nSPS) is 19.5. The van der Waals surface area contributed by atoms with E-state index in [4.69, 9.17) is 5.73 Å². The number of anilines is 1. The molecule has 0 aliphatic carbocycles. The Balaban J connectivity index is 2.22. The number of hydrogen-bond donors (Lipinski definition) is 1. The third-order valence-electron chi connectivity index (χ3n) is 3.23. The van der Waals surface area contributed by atoms with E-state index in [1.807, 2.05) is 12.3 Å². The van der Waals surface area contributed by atoms with Gasteiger partial charge in [-0.1, -0.05) is 0 Å². The lowest BCUT2D eigenvalue weighted by Gasteiger charge is -2.33. The van der Waals surface area contributed by atoms with Crippen LogP contribution in [0.5, 0.6) is 0 Å². The van der Waals surface area contributed by atoms with Crippen molar-refractivity contribution in [1.29, 1.82) is 0 Å². The van der Waals surface area contributed by atoms with Crippen LogP contribution in [-0.4, -0.2) is 17.1 Å². The third-order valence-corrected chi connectivity index (χ3v) is 3.23. The number of rotatable bonds is 2. The van der Waals surface area contributed by atoms with E-state index in [1.165, 1.54) is 18.5 Å². The zero-order valence-electron chi connectivity index (χ0n) is 9.53. The maximum Gasteiger partial charge on any atom is 0.0557 e. The Hall–Kier alpha value is -1.09. The summed E-state index contributed by atoms with van der Waals surface area (Å²) in [6.45, 7) is 6.23. The largest absolute Gasteiger partial charge is 0.365 e. The smallest absolute Gasteiger partial charge is 0.0557 e. The number of nitrogens with two attached hydrogens (primary N) is 1. The molecule has 0 aromatic carbocycles. The topological polar surface area (TPSA) is 42.1 Å². The molecule has 0 unspecified atom stereocenters. The van der Waals surface area contributed by atoms with Gasteiger partial charge in [0.2, 0.25) is 0 Å². The highest BCUT2D eigenvalue weighted by molar-refractivity contribution is 5.48. The van der Waals surface area contributed by atoms with E-state index in [0.29, 0.717) is 6.54 Å². The van der Waals surface area contributed by atoms with Gasteiger partial charge >= 0.3 is 0 Å². The van der Waals surface area contributed by atoms with Crippen molar-refractivity contribution in [2.75, 3.05) is 11.4 Å². The molecule has 1 aliphatic heterocycles. The van der Waals surface area contributed by atoms with Gasteiger partial charge in [-0.15, -0.1) is 0 Å². The molecule has 1 saturated heterocycles. The van der Waals surface area contributed by atoms with E-state index >= 15 is 0 Å². The van der Waals surface area contributed by atoms with Crippen LogP contribution in [0.15, 0.2) is 18.3 Å². The Morgan fingerprint density at radius 3 is 2.73 bits per heavy atom. The molecule has 1 aromatic rings. The lowest BCUT2D eigenvalue weighted by molar-refractivity contribution is 0.517. The Kier molecular flexibility index (Phi) is 2.65. The number of pyridine rings is 1. The standard InChI is InChI=1S/C12H19N3/c1-12(2)6-3-7-15(12)11-5-4-10(8-13)14-9-11/h4-5,9H,3,6-8,13H2,1-2H3. The fourth-order valence-corrected chi connectivity index (χ4v) is 2.28. The van der Waals surface area contributed by atoms with Crippen molar-refractivity contribution >= 4 is 5.69 Å². The van der Waals surface area contributed by atoms with Gasteiger partial charge in [0.15, 0.2) is 0 Å². The van der Waals surface area contributed by atoms with Crippen molar-refractivity contribution in [3.05, 3.63) is 24.0 Å². The zero-order chi connectivity index (χ0) is 10.9. The minimum atomic E-state index is 0.270. The first-order valence-corrected chi connectivity index (χ1v) is 5.56. The van der Waals surface area contributed by atoms with Crippen molar-refractivity contribution in [3.63, 3.8) is 0 Å². The van der Waals surface area contributed by atoms with Crippen LogP contribution >= 0.6 is 0 Å². The number of nitrogens with zero attached hydrogens (tertiary/aromatic N) is 2. The van der Waals surface area contributed by atoms with E-state index in [-0.39, 0.29) is 5.54 Å². The summed E-state index contributed by atoms with van der Waals surface area (Å²) in [5.41, 5.74) is 7.97. The monoisotopic (exact) mass is 205 g/mol. The average Bonchev–Trinajstić information content (AvgIpc) is 2.58. The van der Waals surface area contributed by atoms with E-state index in [1.54, 1.807) is 0 Å². The molecule has 1 aromatic heterocycles. The minimum absolute atomic E-state index is 0.270. The Morgan fingerprint density at radius 1 is 1.47 bits per heavy atom. The molecule has 0 radical (unpaired) electrons. The highest BCUT2D eigenvalue weighted by Gasteiger charge is 2.31. The zero-order valence-corrected chi connectivity index (χ0v) is 9.53. The summed E-state index contributed by atoms with van der Waals surface area (Å²) in [7, 11) is 0. The molecule has 1 aliphatic rings. The molecule has 1 fully saturated rings. The van der Waals surface area contributed by atoms with Gasteiger partial charge in [0, 0.05) is 18.6 Å². The van der Waals surface area contributed by atoms with Gasteiger partial charge in [0.25, 0.3) is 0 Å². The SMILES string of the molecule is CC1(C)CCCN1c1ccc(CN)nc1. The maximum atomic E-state index is 5.53. The first kappa shape index (κ1) is 10.4. The highest BCUT2D eigenvalue weighted by Crippen LogP contribution is 2.32. The Morgan fingerprint density at radius 2 is 2.27 bits per heavy atom. The molecular weight excluding hydrogens is 186 g/mol. The van der Waals surface area contributed by atoms with Crippen LogP contribution in [0.3, 0.4) is 0 Å². The van der Waals surface area contributed by atoms with Crippen LogP contribution in [0, 0.1) is 0 Å². The van der Waals surface area contributed by atoms with E-state index in [2.05, 4.69) is 29.8 Å². The van der Waals surface area contributed by atoms with Gasteiger partial charge < -0.3 is 10.6 Å². The fourth-order valence-electron chi connectivity index (χ4n) is 2.28. The van der Waals surface area contributed by atoms with Gasteiger partial charge in [-0.2, -0.15) is 0 Å². The van der Waals surface area contributed by atoms with Gasteiger partial charge in [-0.3, -0.25) is 4.98 Å². The van der Waals surface area contributed by atoms with Crippen LogP contribution in [0.25, 0.3) is 0 Å². The molecule has 0 saturated carbocycles. The average molecular weight is 205 g/mol. The predicted molar refractivity (Wildman–Crippen MR) is 62.8 cm³/mol.